The number of hydrogen-bond acceptors (Lipinski definition) is 3. The molecule has 1 aromatic carbocycles. The second kappa shape index (κ2) is 7.48. The zero-order chi connectivity index (χ0) is 16.9. The molecule has 0 aliphatic rings. The Balaban J connectivity index is 2.18. The van der Waals surface area contributed by atoms with Crippen LogP contribution in [-0.4, -0.2) is 21.6 Å². The van der Waals surface area contributed by atoms with Gasteiger partial charge in [0.15, 0.2) is 0 Å². The molecule has 0 radical (unpaired) electrons. The van der Waals surface area contributed by atoms with Gasteiger partial charge in [-0.05, 0) is 49.9 Å². The van der Waals surface area contributed by atoms with Crippen LogP contribution in [0.25, 0.3) is 0 Å². The zero-order valence-electron chi connectivity index (χ0n) is 13.2. The fourth-order valence-corrected chi connectivity index (χ4v) is 2.17. The minimum Gasteiger partial charge on any atom is -0.493 e. The number of ether oxygens (including phenoxy) is 1. The predicted molar refractivity (Wildman–Crippen MR) is 80.3 cm³/mol. The molecule has 0 bridgehead atoms. The van der Waals surface area contributed by atoms with E-state index in [1.165, 1.54) is 6.07 Å². The van der Waals surface area contributed by atoms with Crippen molar-refractivity contribution in [1.82, 2.24) is 15.0 Å². The van der Waals surface area contributed by atoms with Crippen molar-refractivity contribution in [2.24, 2.45) is 0 Å². The highest BCUT2D eigenvalue weighted by Gasteiger charge is 2.31. The molecule has 0 aliphatic carbocycles. The second-order valence-electron chi connectivity index (χ2n) is 5.23. The monoisotopic (exact) mass is 327 g/mol. The van der Waals surface area contributed by atoms with Crippen molar-refractivity contribution in [3.05, 3.63) is 41.2 Å². The third-order valence-electron chi connectivity index (χ3n) is 3.41. The van der Waals surface area contributed by atoms with Gasteiger partial charge in [-0.2, -0.15) is 13.2 Å². The lowest BCUT2D eigenvalue weighted by Crippen LogP contribution is -2.08. The summed E-state index contributed by atoms with van der Waals surface area (Å²) in [5.41, 5.74) is 0.638. The Bertz CT molecular complexity index is 638. The van der Waals surface area contributed by atoms with Crippen molar-refractivity contribution in [2.75, 3.05) is 6.61 Å². The molecule has 7 heteroatoms. The number of halogens is 3. The smallest absolute Gasteiger partial charge is 0.416 e. The van der Waals surface area contributed by atoms with Crippen molar-refractivity contribution < 1.29 is 17.9 Å². The molecule has 0 unspecified atom stereocenters. The lowest BCUT2D eigenvalue weighted by atomic mass is 10.0. The summed E-state index contributed by atoms with van der Waals surface area (Å²) in [7, 11) is 0. The van der Waals surface area contributed by atoms with E-state index in [0.29, 0.717) is 37.3 Å². The van der Waals surface area contributed by atoms with Gasteiger partial charge in [0.05, 0.1) is 17.9 Å². The largest absolute Gasteiger partial charge is 0.493 e. The lowest BCUT2D eigenvalue weighted by Gasteiger charge is -2.14. The van der Waals surface area contributed by atoms with E-state index in [1.54, 1.807) is 10.9 Å². The Kier molecular flexibility index (Phi) is 5.63. The van der Waals surface area contributed by atoms with E-state index in [1.807, 2.05) is 13.8 Å². The van der Waals surface area contributed by atoms with Crippen LogP contribution < -0.4 is 4.74 Å². The summed E-state index contributed by atoms with van der Waals surface area (Å²) in [5, 5.41) is 7.95. The maximum Gasteiger partial charge on any atom is 0.416 e. The highest BCUT2D eigenvalue weighted by Crippen LogP contribution is 2.33. The van der Waals surface area contributed by atoms with Gasteiger partial charge >= 0.3 is 6.18 Å². The maximum absolute atomic E-state index is 12.9. The Labute approximate surface area is 133 Å². The first-order valence-corrected chi connectivity index (χ1v) is 7.66. The van der Waals surface area contributed by atoms with E-state index in [4.69, 9.17) is 4.74 Å². The minimum absolute atomic E-state index is 0.422. The van der Waals surface area contributed by atoms with E-state index in [9.17, 15) is 13.2 Å². The van der Waals surface area contributed by atoms with E-state index in [-0.39, 0.29) is 0 Å². The first kappa shape index (κ1) is 17.3. The molecule has 0 spiro atoms. The van der Waals surface area contributed by atoms with Gasteiger partial charge in [-0.15, -0.1) is 5.10 Å². The highest BCUT2D eigenvalue weighted by molar-refractivity contribution is 5.39. The third-order valence-corrected chi connectivity index (χ3v) is 3.41. The lowest BCUT2D eigenvalue weighted by molar-refractivity contribution is -0.137. The molecule has 0 amide bonds. The van der Waals surface area contributed by atoms with Crippen LogP contribution in [0.4, 0.5) is 13.2 Å². The molecule has 0 saturated heterocycles. The summed E-state index contributed by atoms with van der Waals surface area (Å²) >= 11 is 0. The molecule has 0 fully saturated rings. The quantitative estimate of drug-likeness (QED) is 0.774. The molecule has 0 saturated carbocycles. The van der Waals surface area contributed by atoms with Crippen LogP contribution in [0.15, 0.2) is 24.4 Å². The number of benzene rings is 1. The topological polar surface area (TPSA) is 39.9 Å². The summed E-state index contributed by atoms with van der Waals surface area (Å²) < 4.78 is 45.9. The SMILES string of the molecule is CCCOc1ccc(C(F)(F)F)cc1CCc1cn(CC)nn1. The van der Waals surface area contributed by atoms with Gasteiger partial charge in [0.25, 0.3) is 0 Å². The van der Waals surface area contributed by atoms with E-state index < -0.39 is 11.7 Å². The van der Waals surface area contributed by atoms with Crippen molar-refractivity contribution >= 4 is 0 Å². The molecule has 126 valence electrons. The molecule has 0 N–H and O–H groups in total. The summed E-state index contributed by atoms with van der Waals surface area (Å²) in [6, 6.07) is 3.62. The van der Waals surface area contributed by atoms with E-state index in [2.05, 4.69) is 10.3 Å². The Morgan fingerprint density at radius 2 is 1.96 bits per heavy atom. The van der Waals surface area contributed by atoms with Crippen LogP contribution in [0, 0.1) is 0 Å². The molecule has 2 rings (SSSR count). The fourth-order valence-electron chi connectivity index (χ4n) is 2.17. The van der Waals surface area contributed by atoms with E-state index in [0.717, 1.165) is 24.2 Å². The average molecular weight is 327 g/mol. The van der Waals surface area contributed by atoms with Crippen LogP contribution in [-0.2, 0) is 25.6 Å². The van der Waals surface area contributed by atoms with Gasteiger partial charge < -0.3 is 4.74 Å². The van der Waals surface area contributed by atoms with Gasteiger partial charge in [-0.3, -0.25) is 4.68 Å². The molecule has 1 aromatic heterocycles. The van der Waals surface area contributed by atoms with Gasteiger partial charge in [0, 0.05) is 12.7 Å². The third kappa shape index (κ3) is 4.71. The normalized spacial score (nSPS) is 11.7. The molecule has 2 aromatic rings. The van der Waals surface area contributed by atoms with Gasteiger partial charge in [-0.25, -0.2) is 0 Å². The highest BCUT2D eigenvalue weighted by atomic mass is 19.4. The summed E-state index contributed by atoms with van der Waals surface area (Å²) in [6.45, 7) is 5.08. The zero-order valence-corrected chi connectivity index (χ0v) is 13.2. The molecule has 4 nitrogen and oxygen atoms in total. The first-order valence-electron chi connectivity index (χ1n) is 7.66. The molecular formula is C16H20F3N3O. The van der Waals surface area contributed by atoms with Crippen molar-refractivity contribution in [3.63, 3.8) is 0 Å². The number of aromatic nitrogens is 3. The van der Waals surface area contributed by atoms with Crippen LogP contribution in [0.5, 0.6) is 5.75 Å². The summed E-state index contributed by atoms with van der Waals surface area (Å²) in [6.07, 6.45) is -0.815. The number of hydrogen-bond donors (Lipinski definition) is 0. The van der Waals surface area contributed by atoms with E-state index >= 15 is 0 Å². The first-order chi connectivity index (χ1) is 10.9. The van der Waals surface area contributed by atoms with Crippen molar-refractivity contribution in [1.29, 1.82) is 0 Å². The number of rotatable bonds is 7. The standard InChI is InChI=1S/C16H20F3N3O/c1-3-9-23-15-8-6-13(16(17,18)19)10-12(15)5-7-14-11-22(4-2)21-20-14/h6,8,10-11H,3-5,7,9H2,1-2H3. The van der Waals surface area contributed by atoms with Crippen LogP contribution in [0.2, 0.25) is 0 Å². The maximum atomic E-state index is 12.9. The van der Waals surface area contributed by atoms with Crippen LogP contribution in [0.3, 0.4) is 0 Å². The van der Waals surface area contributed by atoms with Gasteiger partial charge in [-0.1, -0.05) is 12.1 Å². The Hall–Kier alpha value is -2.05. The van der Waals surface area contributed by atoms with Crippen LogP contribution >= 0.6 is 0 Å². The molecule has 1 heterocycles. The predicted octanol–water partition coefficient (Wildman–Crippen LogP) is 3.89. The molecule has 0 atom stereocenters. The van der Waals surface area contributed by atoms with Crippen molar-refractivity contribution in [2.45, 2.75) is 45.8 Å². The summed E-state index contributed by atoms with van der Waals surface area (Å²) in [5.74, 6) is 0.503. The average Bonchev–Trinajstić information content (AvgIpc) is 2.98. The minimum atomic E-state index is -4.36. The Morgan fingerprint density at radius 1 is 1.17 bits per heavy atom. The molecule has 23 heavy (non-hydrogen) atoms. The second-order valence-corrected chi connectivity index (χ2v) is 5.23. The Morgan fingerprint density at radius 3 is 2.57 bits per heavy atom. The number of alkyl halides is 3. The molecule has 0 aliphatic heterocycles. The fraction of sp³-hybridized carbons (Fsp3) is 0.500. The van der Waals surface area contributed by atoms with Gasteiger partial charge in [0.2, 0.25) is 0 Å². The van der Waals surface area contributed by atoms with Crippen molar-refractivity contribution in [3.8, 4) is 5.75 Å². The summed E-state index contributed by atoms with van der Waals surface area (Å²) in [4.78, 5) is 0. The van der Waals surface area contributed by atoms with Gasteiger partial charge in [0.1, 0.15) is 5.75 Å². The number of nitrogens with zero attached hydrogens (tertiary/aromatic N) is 3. The molecular weight excluding hydrogens is 307 g/mol. The van der Waals surface area contributed by atoms with Crippen LogP contribution in [0.1, 0.15) is 37.1 Å². The number of aryl methyl sites for hydroxylation is 3.